The Hall–Kier alpha value is -1.25. The van der Waals surface area contributed by atoms with Crippen LogP contribution in [-0.4, -0.2) is 13.1 Å². The van der Waals surface area contributed by atoms with E-state index in [-0.39, 0.29) is 5.97 Å². The average Bonchev–Trinajstić information content (AvgIpc) is 2.34. The van der Waals surface area contributed by atoms with Gasteiger partial charge in [0.2, 0.25) is 0 Å². The Balaban J connectivity index is 2.93. The van der Waals surface area contributed by atoms with Gasteiger partial charge in [0.1, 0.15) is 11.8 Å². The molecule has 0 radical (unpaired) electrons. The normalized spacial score (nSPS) is 9.40. The van der Waals surface area contributed by atoms with E-state index in [0.717, 1.165) is 5.56 Å². The van der Waals surface area contributed by atoms with Crippen LogP contribution < -0.4 is 0 Å². The van der Waals surface area contributed by atoms with Crippen molar-refractivity contribution in [3.8, 4) is 0 Å². The lowest BCUT2D eigenvalue weighted by Crippen LogP contribution is -2.00. The molecule has 0 bridgehead atoms. The molecule has 0 N–H and O–H groups in total. The van der Waals surface area contributed by atoms with E-state index in [2.05, 4.69) is 4.74 Å². The van der Waals surface area contributed by atoms with Gasteiger partial charge in [-0.25, -0.2) is 4.79 Å². The molecule has 3 nitrogen and oxygen atoms in total. The first-order chi connectivity index (χ1) is 4.75. The summed E-state index contributed by atoms with van der Waals surface area (Å²) in [7, 11) is 1.34. The second-order valence-electron chi connectivity index (χ2n) is 1.96. The first kappa shape index (κ1) is 6.86. The summed E-state index contributed by atoms with van der Waals surface area (Å²) in [5.74, 6) is -0.355. The number of methoxy groups -OCH3 is 1. The third-order valence-corrected chi connectivity index (χ3v) is 1.26. The summed E-state index contributed by atoms with van der Waals surface area (Å²) in [4.78, 5) is 10.8. The molecule has 0 aliphatic heterocycles. The minimum Gasteiger partial charge on any atom is -0.471 e. The van der Waals surface area contributed by atoms with Crippen LogP contribution >= 0.6 is 0 Å². The number of hydrogen-bond acceptors (Lipinski definition) is 3. The lowest BCUT2D eigenvalue weighted by molar-refractivity contribution is 0.0599. The Labute approximate surface area is 58.6 Å². The summed E-state index contributed by atoms with van der Waals surface area (Å²) < 4.78 is 9.24. The number of furan rings is 1. The molecule has 0 amide bonds. The molecule has 3 heteroatoms. The fraction of sp³-hybridized carbons (Fsp3) is 0.286. The minimum atomic E-state index is -0.355. The van der Waals surface area contributed by atoms with Gasteiger partial charge in [0.05, 0.1) is 13.4 Å². The zero-order valence-electron chi connectivity index (χ0n) is 5.88. The first-order valence-electron chi connectivity index (χ1n) is 2.87. The highest BCUT2D eigenvalue weighted by molar-refractivity contribution is 5.90. The largest absolute Gasteiger partial charge is 0.471 e. The topological polar surface area (TPSA) is 39.4 Å². The zero-order chi connectivity index (χ0) is 7.56. The van der Waals surface area contributed by atoms with Crippen molar-refractivity contribution in [2.75, 3.05) is 7.11 Å². The van der Waals surface area contributed by atoms with Crippen LogP contribution in [0.15, 0.2) is 16.9 Å². The second kappa shape index (κ2) is 2.56. The Morgan fingerprint density at radius 2 is 2.30 bits per heavy atom. The van der Waals surface area contributed by atoms with Gasteiger partial charge in [-0.3, -0.25) is 0 Å². The lowest BCUT2D eigenvalue weighted by Gasteiger charge is -1.93. The van der Waals surface area contributed by atoms with Crippen molar-refractivity contribution < 1.29 is 13.9 Å². The van der Waals surface area contributed by atoms with E-state index in [1.165, 1.54) is 19.6 Å². The van der Waals surface area contributed by atoms with Gasteiger partial charge in [-0.2, -0.15) is 0 Å². The van der Waals surface area contributed by atoms with Crippen molar-refractivity contribution in [2.45, 2.75) is 6.92 Å². The average molecular weight is 140 g/mol. The van der Waals surface area contributed by atoms with Gasteiger partial charge in [0.15, 0.2) is 0 Å². The van der Waals surface area contributed by atoms with Crippen molar-refractivity contribution in [3.63, 3.8) is 0 Å². The highest BCUT2D eigenvalue weighted by Gasteiger charge is 2.09. The molecular weight excluding hydrogens is 132 g/mol. The number of rotatable bonds is 1. The van der Waals surface area contributed by atoms with Crippen LogP contribution in [0.3, 0.4) is 0 Å². The van der Waals surface area contributed by atoms with E-state index in [0.29, 0.717) is 5.56 Å². The molecule has 54 valence electrons. The summed E-state index contributed by atoms with van der Waals surface area (Å²) in [5, 5.41) is 0. The van der Waals surface area contributed by atoms with Crippen LogP contribution in [0.4, 0.5) is 0 Å². The molecule has 0 aliphatic carbocycles. The predicted octanol–water partition coefficient (Wildman–Crippen LogP) is 1.37. The molecule has 0 saturated heterocycles. The maximum absolute atomic E-state index is 10.8. The second-order valence-corrected chi connectivity index (χ2v) is 1.96. The molecule has 1 heterocycles. The zero-order valence-corrected chi connectivity index (χ0v) is 5.88. The van der Waals surface area contributed by atoms with Gasteiger partial charge in [-0.05, 0) is 6.92 Å². The number of carbonyl (C=O) groups is 1. The molecule has 1 aromatic rings. The molecule has 0 unspecified atom stereocenters. The molecule has 0 fully saturated rings. The number of esters is 1. The van der Waals surface area contributed by atoms with Gasteiger partial charge in [-0.1, -0.05) is 0 Å². The van der Waals surface area contributed by atoms with Crippen molar-refractivity contribution in [2.24, 2.45) is 0 Å². The summed E-state index contributed by atoms with van der Waals surface area (Å²) in [6.45, 7) is 1.79. The molecular formula is C7H8O3. The molecule has 0 spiro atoms. The fourth-order valence-corrected chi connectivity index (χ4v) is 0.680. The minimum absolute atomic E-state index is 0.355. The van der Waals surface area contributed by atoms with Gasteiger partial charge in [0, 0.05) is 5.56 Å². The SMILES string of the molecule is COC(=O)c1cocc1C. The van der Waals surface area contributed by atoms with Crippen molar-refractivity contribution in [1.29, 1.82) is 0 Å². The number of ether oxygens (including phenoxy) is 1. The maximum Gasteiger partial charge on any atom is 0.341 e. The Morgan fingerprint density at radius 3 is 2.70 bits per heavy atom. The van der Waals surface area contributed by atoms with Gasteiger partial charge in [0.25, 0.3) is 0 Å². The maximum atomic E-state index is 10.8. The van der Waals surface area contributed by atoms with E-state index in [1.54, 1.807) is 6.92 Å². The van der Waals surface area contributed by atoms with Gasteiger partial charge < -0.3 is 9.15 Å². The molecule has 1 aromatic heterocycles. The third-order valence-electron chi connectivity index (χ3n) is 1.26. The molecule has 1 rings (SSSR count). The van der Waals surface area contributed by atoms with Crippen molar-refractivity contribution in [1.82, 2.24) is 0 Å². The number of hydrogen-bond donors (Lipinski definition) is 0. The molecule has 0 aromatic carbocycles. The van der Waals surface area contributed by atoms with Crippen molar-refractivity contribution >= 4 is 5.97 Å². The smallest absolute Gasteiger partial charge is 0.341 e. The highest BCUT2D eigenvalue weighted by Crippen LogP contribution is 2.08. The highest BCUT2D eigenvalue weighted by atomic mass is 16.5. The van der Waals surface area contributed by atoms with E-state index in [4.69, 9.17) is 4.42 Å². The first-order valence-corrected chi connectivity index (χ1v) is 2.87. The Morgan fingerprint density at radius 1 is 1.60 bits per heavy atom. The van der Waals surface area contributed by atoms with Crippen LogP contribution in [-0.2, 0) is 4.74 Å². The van der Waals surface area contributed by atoms with Crippen LogP contribution in [0.2, 0.25) is 0 Å². The van der Waals surface area contributed by atoms with E-state index in [1.807, 2.05) is 0 Å². The van der Waals surface area contributed by atoms with Crippen LogP contribution in [0, 0.1) is 6.92 Å². The summed E-state index contributed by atoms with van der Waals surface area (Å²) in [5.41, 5.74) is 1.29. The van der Waals surface area contributed by atoms with Crippen LogP contribution in [0.5, 0.6) is 0 Å². The van der Waals surface area contributed by atoms with Gasteiger partial charge in [-0.15, -0.1) is 0 Å². The van der Waals surface area contributed by atoms with E-state index in [9.17, 15) is 4.79 Å². The standard InChI is InChI=1S/C7H8O3/c1-5-3-10-4-6(5)7(8)9-2/h3-4H,1-2H3. The number of aryl methyl sites for hydroxylation is 1. The van der Waals surface area contributed by atoms with Gasteiger partial charge >= 0.3 is 5.97 Å². The molecule has 0 atom stereocenters. The molecule has 0 saturated carbocycles. The predicted molar refractivity (Wildman–Crippen MR) is 34.8 cm³/mol. The monoisotopic (exact) mass is 140 g/mol. The number of carbonyl (C=O) groups excluding carboxylic acids is 1. The lowest BCUT2D eigenvalue weighted by atomic mass is 10.2. The summed E-state index contributed by atoms with van der Waals surface area (Å²) in [6, 6.07) is 0. The van der Waals surface area contributed by atoms with E-state index >= 15 is 0 Å². The summed E-state index contributed by atoms with van der Waals surface area (Å²) >= 11 is 0. The van der Waals surface area contributed by atoms with Crippen LogP contribution in [0.1, 0.15) is 15.9 Å². The molecule has 10 heavy (non-hydrogen) atoms. The van der Waals surface area contributed by atoms with Crippen molar-refractivity contribution in [3.05, 3.63) is 23.7 Å². The van der Waals surface area contributed by atoms with Crippen LogP contribution in [0.25, 0.3) is 0 Å². The van der Waals surface area contributed by atoms with E-state index < -0.39 is 0 Å². The Kier molecular flexibility index (Phi) is 1.76. The summed E-state index contributed by atoms with van der Waals surface area (Å²) in [6.07, 6.45) is 2.88. The molecule has 0 aliphatic rings. The Bertz CT molecular complexity index is 237. The third kappa shape index (κ3) is 1.03. The quantitative estimate of drug-likeness (QED) is 0.553. The fourth-order valence-electron chi connectivity index (χ4n) is 0.680.